The van der Waals surface area contributed by atoms with Gasteiger partial charge in [0, 0.05) is 42.8 Å². The Kier molecular flexibility index (Phi) is 5.58. The van der Waals surface area contributed by atoms with E-state index in [4.69, 9.17) is 0 Å². The maximum absolute atomic E-state index is 13.5. The Hall–Kier alpha value is -3.50. The van der Waals surface area contributed by atoms with Crippen molar-refractivity contribution in [1.82, 2.24) is 20.2 Å². The van der Waals surface area contributed by atoms with E-state index in [1.54, 1.807) is 23.1 Å². The molecule has 0 saturated heterocycles. The van der Waals surface area contributed by atoms with Gasteiger partial charge in [-0.25, -0.2) is 9.37 Å². The van der Waals surface area contributed by atoms with Crippen LogP contribution in [0.15, 0.2) is 42.5 Å². The standard InChI is InChI=1S/C21H22BFN6O2/c1-12-17(18-15(22(30)31)8-5-9-16(18)25-12)19-26-20(21(28-27-19)29(2)3)24-11-13-6-4-7-14(23)10-13/h4-10,25,30-31H,11H2,1-3H3,(H,24,26,27). The SMILES string of the molecule is Cc1[nH]c2cccc(B(O)O)c2c1-c1nnc(N(C)C)c(NCc2cccc(F)c2)n1. The number of halogens is 1. The molecule has 4 N–H and O–H groups in total. The molecule has 31 heavy (non-hydrogen) atoms. The van der Waals surface area contributed by atoms with Crippen LogP contribution in [0.3, 0.4) is 0 Å². The van der Waals surface area contributed by atoms with Gasteiger partial charge in [-0.05, 0) is 36.1 Å². The monoisotopic (exact) mass is 420 g/mol. The number of rotatable bonds is 6. The van der Waals surface area contributed by atoms with Crippen molar-refractivity contribution in [2.75, 3.05) is 24.3 Å². The van der Waals surface area contributed by atoms with Crippen molar-refractivity contribution in [3.8, 4) is 11.4 Å². The number of aromatic nitrogens is 4. The number of nitrogens with zero attached hydrogens (tertiary/aromatic N) is 4. The van der Waals surface area contributed by atoms with Gasteiger partial charge in [-0.1, -0.05) is 24.3 Å². The maximum Gasteiger partial charge on any atom is 0.489 e. The van der Waals surface area contributed by atoms with Gasteiger partial charge in [0.25, 0.3) is 0 Å². The minimum absolute atomic E-state index is 0.307. The molecule has 2 aromatic heterocycles. The molecule has 10 heteroatoms. The van der Waals surface area contributed by atoms with Gasteiger partial charge in [0.15, 0.2) is 17.5 Å². The molecule has 0 radical (unpaired) electrons. The third-order valence-corrected chi connectivity index (χ3v) is 4.99. The Morgan fingerprint density at radius 1 is 1.13 bits per heavy atom. The van der Waals surface area contributed by atoms with Crippen LogP contribution in [0, 0.1) is 12.7 Å². The van der Waals surface area contributed by atoms with E-state index in [0.29, 0.717) is 40.4 Å². The lowest BCUT2D eigenvalue weighted by atomic mass is 9.77. The molecular weight excluding hydrogens is 398 g/mol. The fourth-order valence-corrected chi connectivity index (χ4v) is 3.58. The van der Waals surface area contributed by atoms with Gasteiger partial charge in [0.05, 0.1) is 0 Å². The van der Waals surface area contributed by atoms with Crippen LogP contribution in [-0.2, 0) is 6.54 Å². The number of anilines is 2. The first-order chi connectivity index (χ1) is 14.8. The van der Waals surface area contributed by atoms with Crippen LogP contribution >= 0.6 is 0 Å². The first kappa shape index (κ1) is 20.8. The first-order valence-electron chi connectivity index (χ1n) is 9.73. The number of aromatic amines is 1. The van der Waals surface area contributed by atoms with Crippen molar-refractivity contribution in [2.24, 2.45) is 0 Å². The predicted molar refractivity (Wildman–Crippen MR) is 120 cm³/mol. The number of aryl methyl sites for hydroxylation is 1. The van der Waals surface area contributed by atoms with E-state index >= 15 is 0 Å². The van der Waals surface area contributed by atoms with E-state index < -0.39 is 7.12 Å². The van der Waals surface area contributed by atoms with E-state index in [9.17, 15) is 14.4 Å². The summed E-state index contributed by atoms with van der Waals surface area (Å²) in [5.41, 5.74) is 3.28. The molecule has 8 nitrogen and oxygen atoms in total. The number of fused-ring (bicyclic) bond motifs is 1. The van der Waals surface area contributed by atoms with Gasteiger partial charge in [0.1, 0.15) is 5.82 Å². The Morgan fingerprint density at radius 2 is 1.90 bits per heavy atom. The second kappa shape index (κ2) is 8.33. The van der Waals surface area contributed by atoms with E-state index in [0.717, 1.165) is 16.8 Å². The lowest BCUT2D eigenvalue weighted by Crippen LogP contribution is -2.30. The summed E-state index contributed by atoms with van der Waals surface area (Å²) in [7, 11) is 2.02. The zero-order valence-electron chi connectivity index (χ0n) is 17.4. The highest BCUT2D eigenvalue weighted by Gasteiger charge is 2.23. The quantitative estimate of drug-likeness (QED) is 0.352. The summed E-state index contributed by atoms with van der Waals surface area (Å²) in [6.45, 7) is 2.22. The summed E-state index contributed by atoms with van der Waals surface area (Å²) in [4.78, 5) is 9.70. The topological polar surface area (TPSA) is 110 Å². The Labute approximate surface area is 178 Å². The average molecular weight is 420 g/mol. The summed E-state index contributed by atoms with van der Waals surface area (Å²) in [6, 6.07) is 11.6. The summed E-state index contributed by atoms with van der Waals surface area (Å²) in [6.07, 6.45) is 0. The van der Waals surface area contributed by atoms with Crippen molar-refractivity contribution >= 4 is 35.1 Å². The van der Waals surface area contributed by atoms with Crippen LogP contribution < -0.4 is 15.7 Å². The number of nitrogens with one attached hydrogen (secondary N) is 2. The third kappa shape index (κ3) is 4.07. The Bertz CT molecular complexity index is 1240. The van der Waals surface area contributed by atoms with Crippen LogP contribution in [0.1, 0.15) is 11.3 Å². The molecule has 0 unspecified atom stereocenters. The average Bonchev–Trinajstić information content (AvgIpc) is 3.07. The van der Waals surface area contributed by atoms with Crippen molar-refractivity contribution in [2.45, 2.75) is 13.5 Å². The zero-order valence-corrected chi connectivity index (χ0v) is 17.4. The van der Waals surface area contributed by atoms with Crippen LogP contribution in [-0.4, -0.2) is 51.4 Å². The van der Waals surface area contributed by atoms with Crippen molar-refractivity contribution in [3.05, 3.63) is 59.5 Å². The first-order valence-corrected chi connectivity index (χ1v) is 9.73. The predicted octanol–water partition coefficient (Wildman–Crippen LogP) is 1.83. The fraction of sp³-hybridized carbons (Fsp3) is 0.190. The molecule has 0 spiro atoms. The third-order valence-electron chi connectivity index (χ3n) is 4.99. The van der Waals surface area contributed by atoms with Crippen molar-refractivity contribution in [1.29, 1.82) is 0 Å². The van der Waals surface area contributed by atoms with Crippen molar-refractivity contribution < 1.29 is 14.4 Å². The normalized spacial score (nSPS) is 11.0. The van der Waals surface area contributed by atoms with Crippen molar-refractivity contribution in [3.63, 3.8) is 0 Å². The largest absolute Gasteiger partial charge is 0.489 e. The van der Waals surface area contributed by atoms with Crippen LogP contribution in [0.5, 0.6) is 0 Å². The smallest absolute Gasteiger partial charge is 0.423 e. The van der Waals surface area contributed by atoms with E-state index in [1.807, 2.05) is 33.2 Å². The highest BCUT2D eigenvalue weighted by molar-refractivity contribution is 6.62. The molecule has 0 aliphatic heterocycles. The molecule has 2 aromatic carbocycles. The molecular formula is C21H22BFN6O2. The lowest BCUT2D eigenvalue weighted by Gasteiger charge is -2.16. The molecule has 0 bridgehead atoms. The van der Waals surface area contributed by atoms with Crippen LogP contribution in [0.2, 0.25) is 0 Å². The van der Waals surface area contributed by atoms with Gasteiger partial charge < -0.3 is 25.2 Å². The number of hydrogen-bond donors (Lipinski definition) is 4. The van der Waals surface area contributed by atoms with E-state index in [-0.39, 0.29) is 5.82 Å². The van der Waals surface area contributed by atoms with Gasteiger partial charge in [0.2, 0.25) is 0 Å². The Morgan fingerprint density at radius 3 is 2.61 bits per heavy atom. The molecule has 2 heterocycles. The molecule has 0 aliphatic carbocycles. The van der Waals surface area contributed by atoms with Gasteiger partial charge in [-0.15, -0.1) is 10.2 Å². The second-order valence-electron chi connectivity index (χ2n) is 7.45. The lowest BCUT2D eigenvalue weighted by molar-refractivity contribution is 0.426. The summed E-state index contributed by atoms with van der Waals surface area (Å²) < 4.78 is 13.5. The zero-order chi connectivity index (χ0) is 22.1. The molecule has 4 rings (SSSR count). The van der Waals surface area contributed by atoms with E-state index in [1.165, 1.54) is 12.1 Å². The maximum atomic E-state index is 13.5. The number of hydrogen-bond acceptors (Lipinski definition) is 7. The van der Waals surface area contributed by atoms with Gasteiger partial charge >= 0.3 is 7.12 Å². The second-order valence-corrected chi connectivity index (χ2v) is 7.45. The molecule has 158 valence electrons. The van der Waals surface area contributed by atoms with E-state index in [2.05, 4.69) is 25.5 Å². The highest BCUT2D eigenvalue weighted by atomic mass is 19.1. The highest BCUT2D eigenvalue weighted by Crippen LogP contribution is 2.31. The molecule has 0 saturated carbocycles. The molecule has 0 aliphatic rings. The molecule has 0 atom stereocenters. The van der Waals surface area contributed by atoms with Crippen LogP contribution in [0.25, 0.3) is 22.3 Å². The molecule has 0 fully saturated rings. The minimum Gasteiger partial charge on any atom is -0.423 e. The van der Waals surface area contributed by atoms with Gasteiger partial charge in [-0.2, -0.15) is 0 Å². The number of H-pyrrole nitrogens is 1. The molecule has 4 aromatic rings. The minimum atomic E-state index is -1.64. The summed E-state index contributed by atoms with van der Waals surface area (Å²) in [5.74, 6) is 1.04. The van der Waals surface area contributed by atoms with Crippen LogP contribution in [0.4, 0.5) is 16.0 Å². The summed E-state index contributed by atoms with van der Waals surface area (Å²) >= 11 is 0. The summed E-state index contributed by atoms with van der Waals surface area (Å²) in [5, 5.41) is 32.2. The van der Waals surface area contributed by atoms with Gasteiger partial charge in [-0.3, -0.25) is 0 Å². The fourth-order valence-electron chi connectivity index (χ4n) is 3.58. The Balaban J connectivity index is 1.80. The number of benzene rings is 2. The molecule has 0 amide bonds.